The van der Waals surface area contributed by atoms with E-state index < -0.39 is 11.5 Å². The normalized spacial score (nSPS) is 43.0. The summed E-state index contributed by atoms with van der Waals surface area (Å²) in [5.74, 6) is 0.998. The zero-order chi connectivity index (χ0) is 20.2. The molecule has 7 rings (SSSR count). The van der Waals surface area contributed by atoms with Crippen molar-refractivity contribution in [2.75, 3.05) is 34.9 Å². The van der Waals surface area contributed by atoms with Crippen LogP contribution >= 0.6 is 0 Å². The largest absolute Gasteiger partial charge is 0.493 e. The maximum absolute atomic E-state index is 12.9. The van der Waals surface area contributed by atoms with Crippen molar-refractivity contribution >= 4 is 5.97 Å². The average Bonchev–Trinajstić information content (AvgIpc) is 3.12. The van der Waals surface area contributed by atoms with Crippen molar-refractivity contribution in [3.05, 3.63) is 35.4 Å². The standard InChI is InChI=1S/C23H27NO5/c1-24-10-9-22-17-13-5-6-15(26-2)18(17)29-20(22)23(28-4)8-7-21(22,16(24)11-13)12-14(23)19(25)27-3/h5-8,14,16,20H,9-12H2,1-4H3/t14-,16+,20-,21-,22+,23+/m1/s1. The van der Waals surface area contributed by atoms with Crippen LogP contribution in [-0.2, 0) is 26.1 Å². The molecule has 1 aromatic rings. The van der Waals surface area contributed by atoms with Gasteiger partial charge in [0, 0.05) is 24.1 Å². The number of hydrogen-bond donors (Lipinski definition) is 0. The van der Waals surface area contributed by atoms with Crippen LogP contribution in [-0.4, -0.2) is 63.5 Å². The quantitative estimate of drug-likeness (QED) is 0.575. The Morgan fingerprint density at radius 3 is 2.79 bits per heavy atom. The van der Waals surface area contributed by atoms with E-state index in [1.807, 2.05) is 6.07 Å². The monoisotopic (exact) mass is 397 g/mol. The number of ether oxygens (including phenoxy) is 4. The molecule has 1 saturated heterocycles. The second-order valence-electron chi connectivity index (χ2n) is 9.26. The zero-order valence-electron chi connectivity index (χ0n) is 17.4. The summed E-state index contributed by atoms with van der Waals surface area (Å²) >= 11 is 0. The van der Waals surface area contributed by atoms with Gasteiger partial charge in [-0.15, -0.1) is 0 Å². The Bertz CT molecular complexity index is 959. The SMILES string of the molecule is COC(=O)[C@H]1C[C@@]23C=C[C@@]1(OC)[C@@H]1Oc4c(OC)ccc5c4[C@@]12CCN(C)[C@H]3C5. The van der Waals surface area contributed by atoms with Crippen LogP contribution < -0.4 is 9.47 Å². The van der Waals surface area contributed by atoms with Crippen molar-refractivity contribution in [2.24, 2.45) is 11.3 Å². The van der Waals surface area contributed by atoms with Gasteiger partial charge >= 0.3 is 5.97 Å². The third-order valence-electron chi connectivity index (χ3n) is 8.76. The van der Waals surface area contributed by atoms with E-state index in [1.54, 1.807) is 14.2 Å². The molecule has 154 valence electrons. The molecule has 29 heavy (non-hydrogen) atoms. The maximum Gasteiger partial charge on any atom is 0.312 e. The van der Waals surface area contributed by atoms with Crippen LogP contribution in [0.3, 0.4) is 0 Å². The fourth-order valence-electron chi connectivity index (χ4n) is 7.61. The Kier molecular flexibility index (Phi) is 3.28. The molecule has 0 amide bonds. The lowest BCUT2D eigenvalue weighted by molar-refractivity contribution is -0.221. The van der Waals surface area contributed by atoms with Crippen molar-refractivity contribution < 1.29 is 23.7 Å². The number of fused-ring (bicyclic) bond motifs is 1. The van der Waals surface area contributed by atoms with Gasteiger partial charge in [-0.2, -0.15) is 0 Å². The molecule has 0 aromatic heterocycles. The molecule has 2 spiro atoms. The summed E-state index contributed by atoms with van der Waals surface area (Å²) in [5.41, 5.74) is 1.40. The molecule has 2 heterocycles. The Morgan fingerprint density at radius 2 is 2.07 bits per heavy atom. The molecule has 0 N–H and O–H groups in total. The highest BCUT2D eigenvalue weighted by Gasteiger charge is 2.80. The number of piperidine rings is 1. The van der Waals surface area contributed by atoms with E-state index in [4.69, 9.17) is 18.9 Å². The van der Waals surface area contributed by atoms with E-state index in [0.29, 0.717) is 6.04 Å². The van der Waals surface area contributed by atoms with E-state index in [9.17, 15) is 4.79 Å². The Balaban J connectivity index is 1.69. The minimum absolute atomic E-state index is 0.186. The molecule has 4 aliphatic carbocycles. The van der Waals surface area contributed by atoms with Crippen LogP contribution in [0, 0.1) is 11.3 Å². The van der Waals surface area contributed by atoms with Gasteiger partial charge in [0.2, 0.25) is 0 Å². The van der Waals surface area contributed by atoms with E-state index in [0.717, 1.165) is 37.3 Å². The van der Waals surface area contributed by atoms with Gasteiger partial charge in [-0.05, 0) is 44.5 Å². The van der Waals surface area contributed by atoms with Crippen molar-refractivity contribution in [1.82, 2.24) is 4.90 Å². The first-order chi connectivity index (χ1) is 14.0. The van der Waals surface area contributed by atoms with Gasteiger partial charge < -0.3 is 23.8 Å². The molecule has 0 radical (unpaired) electrons. The molecule has 1 aromatic carbocycles. The smallest absolute Gasteiger partial charge is 0.312 e. The molecule has 6 atom stereocenters. The fourth-order valence-corrected chi connectivity index (χ4v) is 7.61. The Morgan fingerprint density at radius 1 is 1.24 bits per heavy atom. The third-order valence-corrected chi connectivity index (χ3v) is 8.76. The van der Waals surface area contributed by atoms with Gasteiger partial charge in [-0.3, -0.25) is 4.79 Å². The summed E-state index contributed by atoms with van der Waals surface area (Å²) < 4.78 is 23.9. The topological polar surface area (TPSA) is 57.2 Å². The number of likely N-dealkylation sites (tertiary alicyclic amines) is 1. The van der Waals surface area contributed by atoms with Crippen LogP contribution in [0.5, 0.6) is 11.5 Å². The van der Waals surface area contributed by atoms with Crippen molar-refractivity contribution in [3.8, 4) is 11.5 Å². The lowest BCUT2D eigenvalue weighted by Gasteiger charge is -2.70. The van der Waals surface area contributed by atoms with Gasteiger partial charge in [0.25, 0.3) is 0 Å². The minimum Gasteiger partial charge on any atom is -0.493 e. The number of likely N-dealkylation sites (N-methyl/N-ethyl adjacent to an activating group) is 1. The van der Waals surface area contributed by atoms with Crippen LogP contribution in [0.1, 0.15) is 24.0 Å². The molecule has 1 saturated carbocycles. The lowest BCUT2D eigenvalue weighted by Crippen LogP contribution is -2.79. The predicted octanol–water partition coefficient (Wildman–Crippen LogP) is 2.09. The van der Waals surface area contributed by atoms with Gasteiger partial charge in [-0.25, -0.2) is 0 Å². The van der Waals surface area contributed by atoms with E-state index in [2.05, 4.69) is 30.2 Å². The summed E-state index contributed by atoms with van der Waals surface area (Å²) in [6.45, 7) is 0.999. The van der Waals surface area contributed by atoms with E-state index >= 15 is 0 Å². The number of carbonyl (C=O) groups is 1. The number of benzene rings is 1. The number of nitrogens with zero attached hydrogens (tertiary/aromatic N) is 1. The van der Waals surface area contributed by atoms with E-state index in [-0.39, 0.29) is 22.9 Å². The first kappa shape index (κ1) is 17.8. The maximum atomic E-state index is 12.9. The van der Waals surface area contributed by atoms with Gasteiger partial charge in [0.05, 0.1) is 25.6 Å². The van der Waals surface area contributed by atoms with Crippen LogP contribution in [0.25, 0.3) is 0 Å². The van der Waals surface area contributed by atoms with Crippen LogP contribution in [0.15, 0.2) is 24.3 Å². The lowest BCUT2D eigenvalue weighted by atomic mass is 9.37. The number of rotatable bonds is 3. The third kappa shape index (κ3) is 1.65. The number of esters is 1. The van der Waals surface area contributed by atoms with Gasteiger partial charge in [-0.1, -0.05) is 18.2 Å². The molecular formula is C23H27NO5. The van der Waals surface area contributed by atoms with E-state index in [1.165, 1.54) is 18.2 Å². The van der Waals surface area contributed by atoms with Gasteiger partial charge in [0.15, 0.2) is 11.5 Å². The van der Waals surface area contributed by atoms with Crippen LogP contribution in [0.4, 0.5) is 0 Å². The molecular weight excluding hydrogens is 370 g/mol. The van der Waals surface area contributed by atoms with Gasteiger partial charge in [0.1, 0.15) is 11.7 Å². The molecule has 4 bridgehead atoms. The number of methoxy groups -OCH3 is 3. The number of hydrogen-bond acceptors (Lipinski definition) is 6. The second-order valence-corrected chi connectivity index (χ2v) is 9.26. The van der Waals surface area contributed by atoms with Crippen molar-refractivity contribution in [3.63, 3.8) is 0 Å². The van der Waals surface area contributed by atoms with Crippen LogP contribution in [0.2, 0.25) is 0 Å². The molecule has 0 unspecified atom stereocenters. The second kappa shape index (κ2) is 5.35. The molecule has 6 heteroatoms. The Labute approximate surface area is 170 Å². The highest BCUT2D eigenvalue weighted by atomic mass is 16.6. The first-order valence-corrected chi connectivity index (χ1v) is 10.4. The highest BCUT2D eigenvalue weighted by molar-refractivity contribution is 5.78. The average molecular weight is 397 g/mol. The zero-order valence-corrected chi connectivity index (χ0v) is 17.4. The minimum atomic E-state index is -0.839. The molecule has 6 nitrogen and oxygen atoms in total. The Hall–Kier alpha value is -2.05. The number of carbonyl (C=O) groups excluding carboxylic acids is 1. The fraction of sp³-hybridized carbons (Fsp3) is 0.609. The highest BCUT2D eigenvalue weighted by Crippen LogP contribution is 2.74. The first-order valence-electron chi connectivity index (χ1n) is 10.4. The van der Waals surface area contributed by atoms with Crippen molar-refractivity contribution in [1.29, 1.82) is 0 Å². The van der Waals surface area contributed by atoms with Crippen molar-refractivity contribution in [2.45, 2.75) is 42.4 Å². The summed E-state index contributed by atoms with van der Waals surface area (Å²) in [5, 5.41) is 0. The summed E-state index contributed by atoms with van der Waals surface area (Å²) in [7, 11) is 7.05. The summed E-state index contributed by atoms with van der Waals surface area (Å²) in [4.78, 5) is 15.4. The molecule has 6 aliphatic rings. The predicted molar refractivity (Wildman–Crippen MR) is 105 cm³/mol. The summed E-state index contributed by atoms with van der Waals surface area (Å²) in [6.07, 6.45) is 6.82. The summed E-state index contributed by atoms with van der Waals surface area (Å²) in [6, 6.07) is 4.53. The molecule has 2 fully saturated rings. The molecule has 2 aliphatic heterocycles.